The molecule has 5 nitrogen and oxygen atoms in total. The van der Waals surface area contributed by atoms with Crippen LogP contribution >= 0.6 is 0 Å². The van der Waals surface area contributed by atoms with Crippen LogP contribution in [-0.4, -0.2) is 38.4 Å². The summed E-state index contributed by atoms with van der Waals surface area (Å²) < 4.78 is 16.1. The fourth-order valence-corrected chi connectivity index (χ4v) is 5.45. The lowest BCUT2D eigenvalue weighted by atomic mass is 9.48. The molecule has 0 N–H and O–H groups in total. The van der Waals surface area contributed by atoms with Crippen LogP contribution in [0.25, 0.3) is 0 Å². The molecule has 4 aliphatic rings. The summed E-state index contributed by atoms with van der Waals surface area (Å²) >= 11 is 0. The van der Waals surface area contributed by atoms with Crippen LogP contribution in [0.4, 0.5) is 0 Å². The molecule has 2 bridgehead atoms. The van der Waals surface area contributed by atoms with Gasteiger partial charge in [-0.05, 0) is 28.7 Å². The fourth-order valence-electron chi connectivity index (χ4n) is 5.45. The van der Waals surface area contributed by atoms with Gasteiger partial charge in [0.25, 0.3) is 0 Å². The van der Waals surface area contributed by atoms with Crippen LogP contribution in [0.3, 0.4) is 0 Å². The maximum Gasteiger partial charge on any atom is 0.341 e. The zero-order valence-corrected chi connectivity index (χ0v) is 15.2. The molecule has 1 fully saturated rings. The molecule has 5 heteroatoms. The Kier molecular flexibility index (Phi) is 3.32. The second kappa shape index (κ2) is 5.42. The Morgan fingerprint density at radius 2 is 1.37 bits per heavy atom. The maximum absolute atomic E-state index is 13.3. The van der Waals surface area contributed by atoms with Gasteiger partial charge in [-0.1, -0.05) is 48.5 Å². The highest BCUT2D eigenvalue weighted by Crippen LogP contribution is 2.68. The van der Waals surface area contributed by atoms with Crippen molar-refractivity contribution in [2.45, 2.75) is 23.9 Å². The van der Waals surface area contributed by atoms with Crippen LogP contribution in [0, 0.1) is 5.41 Å². The van der Waals surface area contributed by atoms with E-state index in [1.165, 1.54) is 25.3 Å². The van der Waals surface area contributed by atoms with Gasteiger partial charge in [0.05, 0.1) is 20.8 Å². The molecule has 6 rings (SSSR count). The fraction of sp³-hybridized carbons (Fsp3) is 0.364. The first-order chi connectivity index (χ1) is 13.1. The molecule has 0 aromatic heterocycles. The standard InChI is InChI=1S/C22H20O5/c1-25-19(23)21(22(12-27-22)20(24)26-2)11-17-13-7-3-5-9-15(13)18(21)16-10-6-4-8-14(16)17/h3-10,17-18H,11-12H2,1-2H3/t17?,18?,21-,22-/m0/s1. The minimum atomic E-state index is -1.29. The van der Waals surface area contributed by atoms with Crippen LogP contribution in [-0.2, 0) is 23.8 Å². The Bertz CT molecular complexity index is 913. The third-order valence-corrected chi connectivity index (χ3v) is 6.60. The molecule has 27 heavy (non-hydrogen) atoms. The quantitative estimate of drug-likeness (QED) is 0.619. The van der Waals surface area contributed by atoms with E-state index in [4.69, 9.17) is 14.2 Å². The number of ether oxygens (including phenoxy) is 3. The van der Waals surface area contributed by atoms with Crippen molar-refractivity contribution in [2.75, 3.05) is 20.8 Å². The van der Waals surface area contributed by atoms with Gasteiger partial charge in [-0.25, -0.2) is 4.79 Å². The van der Waals surface area contributed by atoms with E-state index in [1.807, 2.05) is 36.4 Å². The monoisotopic (exact) mass is 364 g/mol. The van der Waals surface area contributed by atoms with Crippen LogP contribution in [0.5, 0.6) is 0 Å². The van der Waals surface area contributed by atoms with Crippen molar-refractivity contribution >= 4 is 11.9 Å². The molecular weight excluding hydrogens is 344 g/mol. The van der Waals surface area contributed by atoms with E-state index in [0.29, 0.717) is 6.42 Å². The number of carbonyl (C=O) groups excluding carboxylic acids is 2. The molecule has 0 amide bonds. The predicted octanol–water partition coefficient (Wildman–Crippen LogP) is 2.77. The number of epoxide rings is 1. The third kappa shape index (κ3) is 1.82. The Hall–Kier alpha value is -2.66. The molecular formula is C22H20O5. The van der Waals surface area contributed by atoms with Gasteiger partial charge in [-0.3, -0.25) is 4.79 Å². The molecule has 2 atom stereocenters. The largest absolute Gasteiger partial charge is 0.468 e. The molecule has 0 spiro atoms. The summed E-state index contributed by atoms with van der Waals surface area (Å²) in [7, 11) is 2.71. The zero-order valence-electron chi connectivity index (χ0n) is 15.2. The van der Waals surface area contributed by atoms with Gasteiger partial charge in [0.2, 0.25) is 5.60 Å². The highest BCUT2D eigenvalue weighted by atomic mass is 16.6. The van der Waals surface area contributed by atoms with Gasteiger partial charge in [-0.15, -0.1) is 0 Å². The summed E-state index contributed by atoms with van der Waals surface area (Å²) in [5.74, 6) is -1.23. The SMILES string of the molecule is COC(=O)[C@]1([C@@]2(C(=O)OC)CC3c4ccccc4C2c2ccccc23)CO1. The predicted molar refractivity (Wildman–Crippen MR) is 96.3 cm³/mol. The van der Waals surface area contributed by atoms with E-state index < -0.39 is 23.0 Å². The van der Waals surface area contributed by atoms with E-state index in [1.54, 1.807) is 0 Å². The number of fused-ring (bicyclic) bond motifs is 1. The van der Waals surface area contributed by atoms with Gasteiger partial charge in [-0.2, -0.15) is 0 Å². The molecule has 0 saturated carbocycles. The molecule has 0 unspecified atom stereocenters. The summed E-state index contributed by atoms with van der Waals surface area (Å²) in [6, 6.07) is 16.3. The Morgan fingerprint density at radius 3 is 1.81 bits per heavy atom. The Morgan fingerprint density at radius 1 is 0.889 bits per heavy atom. The minimum absolute atomic E-state index is 0.00670. The molecule has 1 saturated heterocycles. The van der Waals surface area contributed by atoms with Crippen LogP contribution in [0.15, 0.2) is 48.5 Å². The molecule has 1 aliphatic heterocycles. The third-order valence-electron chi connectivity index (χ3n) is 6.60. The molecule has 3 aliphatic carbocycles. The molecule has 2 aromatic rings. The topological polar surface area (TPSA) is 65.1 Å². The molecule has 0 radical (unpaired) electrons. The van der Waals surface area contributed by atoms with Crippen LogP contribution in [0.1, 0.15) is 40.5 Å². The number of benzene rings is 2. The molecule has 1 heterocycles. The number of methoxy groups -OCH3 is 2. The van der Waals surface area contributed by atoms with E-state index in [0.717, 1.165) is 11.1 Å². The number of esters is 2. The first kappa shape index (κ1) is 16.5. The van der Waals surface area contributed by atoms with Crippen molar-refractivity contribution in [3.63, 3.8) is 0 Å². The van der Waals surface area contributed by atoms with Gasteiger partial charge in [0.1, 0.15) is 5.41 Å². The van der Waals surface area contributed by atoms with Crippen LogP contribution in [0.2, 0.25) is 0 Å². The molecule has 2 aromatic carbocycles. The van der Waals surface area contributed by atoms with E-state index in [2.05, 4.69) is 12.1 Å². The first-order valence-corrected chi connectivity index (χ1v) is 9.09. The summed E-state index contributed by atoms with van der Waals surface area (Å²) in [4.78, 5) is 26.1. The molecule has 138 valence electrons. The van der Waals surface area contributed by atoms with E-state index in [9.17, 15) is 9.59 Å². The summed E-state index contributed by atoms with van der Waals surface area (Å²) in [6.07, 6.45) is 0.466. The number of rotatable bonds is 3. The van der Waals surface area contributed by atoms with Crippen molar-refractivity contribution in [3.8, 4) is 0 Å². The highest BCUT2D eigenvalue weighted by Gasteiger charge is 2.77. The summed E-state index contributed by atoms with van der Waals surface area (Å²) in [6.45, 7) is 0.169. The Labute approximate surface area is 157 Å². The average molecular weight is 364 g/mol. The number of carbonyl (C=O) groups is 2. The lowest BCUT2D eigenvalue weighted by Crippen LogP contribution is -2.59. The maximum atomic E-state index is 13.3. The smallest absolute Gasteiger partial charge is 0.341 e. The van der Waals surface area contributed by atoms with Gasteiger partial charge < -0.3 is 14.2 Å². The van der Waals surface area contributed by atoms with Crippen molar-refractivity contribution in [1.82, 2.24) is 0 Å². The van der Waals surface area contributed by atoms with Crippen LogP contribution < -0.4 is 0 Å². The lowest BCUT2D eigenvalue weighted by molar-refractivity contribution is -0.172. The summed E-state index contributed by atoms with van der Waals surface area (Å²) in [5.41, 5.74) is 2.12. The van der Waals surface area contributed by atoms with Gasteiger partial charge >= 0.3 is 11.9 Å². The van der Waals surface area contributed by atoms with Gasteiger partial charge in [0.15, 0.2) is 0 Å². The van der Waals surface area contributed by atoms with Crippen molar-refractivity contribution in [3.05, 3.63) is 70.8 Å². The van der Waals surface area contributed by atoms with Crippen molar-refractivity contribution in [2.24, 2.45) is 5.41 Å². The second-order valence-electron chi connectivity index (χ2n) is 7.52. The zero-order chi connectivity index (χ0) is 18.8. The Balaban J connectivity index is 1.83. The van der Waals surface area contributed by atoms with Gasteiger partial charge in [0, 0.05) is 11.8 Å². The second-order valence-corrected chi connectivity index (χ2v) is 7.52. The van der Waals surface area contributed by atoms with Crippen molar-refractivity contribution in [1.29, 1.82) is 0 Å². The highest BCUT2D eigenvalue weighted by molar-refractivity contribution is 5.95. The lowest BCUT2D eigenvalue weighted by Gasteiger charge is -2.53. The van der Waals surface area contributed by atoms with E-state index in [-0.39, 0.29) is 18.4 Å². The minimum Gasteiger partial charge on any atom is -0.468 e. The summed E-state index contributed by atoms with van der Waals surface area (Å²) in [5, 5.41) is 0. The first-order valence-electron chi connectivity index (χ1n) is 9.09. The van der Waals surface area contributed by atoms with E-state index >= 15 is 0 Å². The number of hydrogen-bond acceptors (Lipinski definition) is 5. The number of hydrogen-bond donors (Lipinski definition) is 0. The average Bonchev–Trinajstić information content (AvgIpc) is 3.54. The van der Waals surface area contributed by atoms with Crippen molar-refractivity contribution < 1.29 is 23.8 Å². The normalized spacial score (nSPS) is 32.2.